The van der Waals surface area contributed by atoms with E-state index in [-0.39, 0.29) is 12.5 Å². The van der Waals surface area contributed by atoms with Gasteiger partial charge < -0.3 is 15.4 Å². The van der Waals surface area contributed by atoms with Gasteiger partial charge in [-0.1, -0.05) is 31.5 Å². The van der Waals surface area contributed by atoms with Crippen LogP contribution < -0.4 is 5.32 Å². The van der Waals surface area contributed by atoms with Crippen LogP contribution in [-0.2, 0) is 11.2 Å². The first-order valence-corrected chi connectivity index (χ1v) is 7.67. The zero-order chi connectivity index (χ0) is 15.1. The van der Waals surface area contributed by atoms with Gasteiger partial charge >= 0.3 is 0 Å². The van der Waals surface area contributed by atoms with Crippen LogP contribution in [-0.4, -0.2) is 29.1 Å². The lowest BCUT2D eigenvalue weighted by atomic mass is 10.00. The van der Waals surface area contributed by atoms with Crippen molar-refractivity contribution in [3.63, 3.8) is 0 Å². The smallest absolute Gasteiger partial charge is 0.224 e. The van der Waals surface area contributed by atoms with Crippen molar-refractivity contribution in [1.29, 1.82) is 0 Å². The number of rotatable bonds is 8. The average Bonchev–Trinajstić information content (AvgIpc) is 2.89. The number of fused-ring (bicyclic) bond motifs is 1. The highest BCUT2D eigenvalue weighted by Gasteiger charge is 2.11. The molecule has 0 aliphatic carbocycles. The number of carbonyl (C=O) groups excluding carboxylic acids is 1. The molecule has 1 heterocycles. The minimum atomic E-state index is 0.0406. The second-order valence-corrected chi connectivity index (χ2v) is 5.51. The molecule has 0 saturated heterocycles. The molecule has 1 aromatic carbocycles. The third-order valence-corrected chi connectivity index (χ3v) is 3.85. The molecule has 3 N–H and O–H groups in total. The molecule has 1 aromatic heterocycles. The summed E-state index contributed by atoms with van der Waals surface area (Å²) in [7, 11) is 0. The van der Waals surface area contributed by atoms with Crippen LogP contribution in [0.25, 0.3) is 10.9 Å². The van der Waals surface area contributed by atoms with Crippen molar-refractivity contribution < 1.29 is 9.90 Å². The van der Waals surface area contributed by atoms with Gasteiger partial charge in [-0.2, -0.15) is 0 Å². The highest BCUT2D eigenvalue weighted by Crippen LogP contribution is 2.18. The van der Waals surface area contributed by atoms with E-state index in [4.69, 9.17) is 5.11 Å². The van der Waals surface area contributed by atoms with Gasteiger partial charge in [-0.05, 0) is 30.4 Å². The first-order valence-electron chi connectivity index (χ1n) is 7.67. The Morgan fingerprint density at radius 1 is 1.33 bits per heavy atom. The van der Waals surface area contributed by atoms with E-state index in [1.54, 1.807) is 0 Å². The molecule has 0 bridgehead atoms. The maximum Gasteiger partial charge on any atom is 0.224 e. The first kappa shape index (κ1) is 15.6. The fourth-order valence-corrected chi connectivity index (χ4v) is 2.71. The summed E-state index contributed by atoms with van der Waals surface area (Å²) in [4.78, 5) is 15.3. The maximum atomic E-state index is 12.1. The summed E-state index contributed by atoms with van der Waals surface area (Å²) in [6.45, 7) is 2.96. The number of carbonyl (C=O) groups is 1. The monoisotopic (exact) mass is 288 g/mol. The lowest BCUT2D eigenvalue weighted by Gasteiger charge is -2.15. The van der Waals surface area contributed by atoms with Crippen molar-refractivity contribution >= 4 is 16.8 Å². The molecular formula is C17H24N2O2. The number of H-pyrrole nitrogens is 1. The normalized spacial score (nSPS) is 12.5. The van der Waals surface area contributed by atoms with E-state index in [0.717, 1.165) is 35.7 Å². The Kier molecular flexibility index (Phi) is 5.81. The van der Waals surface area contributed by atoms with Crippen LogP contribution in [0.2, 0.25) is 0 Å². The summed E-state index contributed by atoms with van der Waals surface area (Å²) < 4.78 is 0. The minimum Gasteiger partial charge on any atom is -0.396 e. The van der Waals surface area contributed by atoms with E-state index in [9.17, 15) is 4.79 Å². The van der Waals surface area contributed by atoms with Crippen LogP contribution in [0.5, 0.6) is 0 Å². The molecule has 1 unspecified atom stereocenters. The fraction of sp³-hybridized carbons (Fsp3) is 0.471. The van der Waals surface area contributed by atoms with Crippen molar-refractivity contribution in [2.24, 2.45) is 5.92 Å². The van der Waals surface area contributed by atoms with Crippen molar-refractivity contribution in [1.82, 2.24) is 10.3 Å². The van der Waals surface area contributed by atoms with E-state index in [1.165, 1.54) is 0 Å². The third kappa shape index (κ3) is 4.33. The van der Waals surface area contributed by atoms with E-state index < -0.39 is 0 Å². The van der Waals surface area contributed by atoms with E-state index >= 15 is 0 Å². The summed E-state index contributed by atoms with van der Waals surface area (Å²) in [6.07, 6.45) is 5.15. The minimum absolute atomic E-state index is 0.0406. The molecule has 0 aliphatic heterocycles. The lowest BCUT2D eigenvalue weighted by molar-refractivity contribution is -0.120. The number of hydrogen-bond acceptors (Lipinski definition) is 2. The van der Waals surface area contributed by atoms with E-state index in [1.807, 2.05) is 30.5 Å². The summed E-state index contributed by atoms with van der Waals surface area (Å²) in [5.74, 6) is 0.408. The van der Waals surface area contributed by atoms with Gasteiger partial charge in [0.25, 0.3) is 0 Å². The molecular weight excluding hydrogens is 264 g/mol. The molecule has 2 rings (SSSR count). The second-order valence-electron chi connectivity index (χ2n) is 5.51. The molecule has 0 fully saturated rings. The number of aromatic amines is 1. The molecule has 2 aromatic rings. The van der Waals surface area contributed by atoms with Crippen molar-refractivity contribution in [2.75, 3.05) is 13.2 Å². The Hall–Kier alpha value is -1.81. The number of nitrogens with one attached hydrogen (secondary N) is 2. The summed E-state index contributed by atoms with van der Waals surface area (Å²) in [5, 5.41) is 13.1. The zero-order valence-electron chi connectivity index (χ0n) is 12.6. The quantitative estimate of drug-likeness (QED) is 0.699. The Labute approximate surface area is 125 Å². The second kappa shape index (κ2) is 7.84. The first-order chi connectivity index (χ1) is 10.2. The molecule has 1 amide bonds. The van der Waals surface area contributed by atoms with Gasteiger partial charge in [0, 0.05) is 30.3 Å². The predicted octanol–water partition coefficient (Wildman–Crippen LogP) is 2.63. The SMILES string of the molecule is CCCC(CCO)CNC(=O)Cc1c[nH]c2ccccc12. The molecule has 21 heavy (non-hydrogen) atoms. The van der Waals surface area contributed by atoms with Crippen molar-refractivity contribution in [3.05, 3.63) is 36.0 Å². The molecule has 1 atom stereocenters. The Morgan fingerprint density at radius 3 is 2.90 bits per heavy atom. The van der Waals surface area contributed by atoms with Gasteiger partial charge in [0.05, 0.1) is 6.42 Å². The highest BCUT2D eigenvalue weighted by molar-refractivity contribution is 5.88. The Bertz CT molecular complexity index is 571. The van der Waals surface area contributed by atoms with Crippen LogP contribution in [0.15, 0.2) is 30.5 Å². The van der Waals surface area contributed by atoms with Crippen molar-refractivity contribution in [3.8, 4) is 0 Å². The average molecular weight is 288 g/mol. The Morgan fingerprint density at radius 2 is 2.14 bits per heavy atom. The molecule has 4 heteroatoms. The number of amides is 1. The highest BCUT2D eigenvalue weighted by atomic mass is 16.3. The summed E-state index contributed by atoms with van der Waals surface area (Å²) >= 11 is 0. The van der Waals surface area contributed by atoms with Crippen LogP contribution in [0, 0.1) is 5.92 Å². The predicted molar refractivity (Wildman–Crippen MR) is 85.1 cm³/mol. The largest absolute Gasteiger partial charge is 0.396 e. The van der Waals surface area contributed by atoms with Crippen LogP contribution in [0.4, 0.5) is 0 Å². The topological polar surface area (TPSA) is 65.1 Å². The lowest BCUT2D eigenvalue weighted by Crippen LogP contribution is -2.30. The molecule has 114 valence electrons. The summed E-state index contributed by atoms with van der Waals surface area (Å²) in [5.41, 5.74) is 2.08. The zero-order valence-corrected chi connectivity index (χ0v) is 12.6. The maximum absolute atomic E-state index is 12.1. The molecule has 0 radical (unpaired) electrons. The fourth-order valence-electron chi connectivity index (χ4n) is 2.71. The van der Waals surface area contributed by atoms with Crippen LogP contribution in [0.1, 0.15) is 31.7 Å². The number of benzene rings is 1. The molecule has 0 saturated carbocycles. The van der Waals surface area contributed by atoms with Crippen LogP contribution in [0.3, 0.4) is 0 Å². The number of aromatic nitrogens is 1. The number of aliphatic hydroxyl groups is 1. The molecule has 0 aliphatic rings. The van der Waals surface area contributed by atoms with Gasteiger partial charge in [-0.25, -0.2) is 0 Å². The molecule has 4 nitrogen and oxygen atoms in total. The molecule has 0 spiro atoms. The van der Waals surface area contributed by atoms with Gasteiger partial charge in [-0.15, -0.1) is 0 Å². The van der Waals surface area contributed by atoms with Crippen LogP contribution >= 0.6 is 0 Å². The van der Waals surface area contributed by atoms with E-state index in [0.29, 0.717) is 18.9 Å². The summed E-state index contributed by atoms with van der Waals surface area (Å²) in [6, 6.07) is 8.00. The number of aliphatic hydroxyl groups excluding tert-OH is 1. The van der Waals surface area contributed by atoms with E-state index in [2.05, 4.69) is 17.2 Å². The Balaban J connectivity index is 1.89. The standard InChI is InChI=1S/C17H24N2O2/c1-2-5-13(8-9-20)11-19-17(21)10-14-12-18-16-7-4-3-6-15(14)16/h3-4,6-7,12-13,18,20H,2,5,8-11H2,1H3,(H,19,21). The third-order valence-electron chi connectivity index (χ3n) is 3.85. The van der Waals surface area contributed by atoms with Gasteiger partial charge in [0.2, 0.25) is 5.91 Å². The van der Waals surface area contributed by atoms with Crippen molar-refractivity contribution in [2.45, 2.75) is 32.6 Å². The van der Waals surface area contributed by atoms with Gasteiger partial charge in [0.15, 0.2) is 0 Å². The van der Waals surface area contributed by atoms with Gasteiger partial charge in [-0.3, -0.25) is 4.79 Å². The number of para-hydroxylation sites is 1. The van der Waals surface area contributed by atoms with Gasteiger partial charge in [0.1, 0.15) is 0 Å². The number of hydrogen-bond donors (Lipinski definition) is 3.